The maximum absolute atomic E-state index is 12.1. The first-order chi connectivity index (χ1) is 9.90. The molecule has 0 bridgehead atoms. The summed E-state index contributed by atoms with van der Waals surface area (Å²) in [6.07, 6.45) is 0. The van der Waals surface area contributed by atoms with E-state index in [1.807, 2.05) is 6.07 Å². The lowest BCUT2D eigenvalue weighted by molar-refractivity contribution is 0.102. The van der Waals surface area contributed by atoms with Crippen LogP contribution in [0.4, 0.5) is 5.69 Å². The molecule has 0 saturated carbocycles. The molecule has 2 aromatic rings. The highest BCUT2D eigenvalue weighted by molar-refractivity contribution is 14.1. The van der Waals surface area contributed by atoms with Crippen LogP contribution in [0.25, 0.3) is 0 Å². The summed E-state index contributed by atoms with van der Waals surface area (Å²) >= 11 is 2.20. The number of alkyl halides is 1. The zero-order valence-corrected chi connectivity index (χ0v) is 13.8. The van der Waals surface area contributed by atoms with Gasteiger partial charge in [0.25, 0.3) is 16.0 Å². The van der Waals surface area contributed by atoms with Crippen molar-refractivity contribution in [3.63, 3.8) is 0 Å². The SMILES string of the molecule is O=C(Nc1cccc(S(=O)(=O)O)c1)c1cccc(CI)c1. The number of carbonyl (C=O) groups is 1. The molecule has 0 saturated heterocycles. The molecule has 0 heterocycles. The predicted molar refractivity (Wildman–Crippen MR) is 88.4 cm³/mol. The van der Waals surface area contributed by atoms with Crippen molar-refractivity contribution in [2.45, 2.75) is 9.32 Å². The minimum absolute atomic E-state index is 0.263. The first-order valence-electron chi connectivity index (χ1n) is 5.94. The lowest BCUT2D eigenvalue weighted by atomic mass is 10.1. The molecule has 0 radical (unpaired) electrons. The molecule has 0 aliphatic heterocycles. The Balaban J connectivity index is 2.23. The molecule has 0 aliphatic carbocycles. The standard InChI is InChI=1S/C14H12INO4S/c15-9-10-3-1-4-11(7-10)14(17)16-12-5-2-6-13(8-12)21(18,19)20/h1-8H,9H2,(H,16,17)(H,18,19,20). The molecule has 0 aliphatic rings. The van der Waals surface area contributed by atoms with Gasteiger partial charge in [0.2, 0.25) is 0 Å². The number of rotatable bonds is 4. The van der Waals surface area contributed by atoms with E-state index in [1.54, 1.807) is 24.3 Å². The fraction of sp³-hybridized carbons (Fsp3) is 0.0714. The normalized spacial score (nSPS) is 11.1. The van der Waals surface area contributed by atoms with Crippen molar-refractivity contribution in [3.8, 4) is 0 Å². The molecule has 1 amide bonds. The molecule has 2 rings (SSSR count). The van der Waals surface area contributed by atoms with E-state index in [4.69, 9.17) is 4.55 Å². The van der Waals surface area contributed by atoms with E-state index in [1.165, 1.54) is 18.2 Å². The van der Waals surface area contributed by atoms with Crippen LogP contribution in [0, 0.1) is 0 Å². The zero-order chi connectivity index (χ0) is 15.5. The van der Waals surface area contributed by atoms with E-state index in [0.29, 0.717) is 11.3 Å². The second-order valence-corrected chi connectivity index (χ2v) is 6.48. The molecule has 5 nitrogen and oxygen atoms in total. The van der Waals surface area contributed by atoms with Gasteiger partial charge in [-0.15, -0.1) is 0 Å². The highest BCUT2D eigenvalue weighted by Gasteiger charge is 2.11. The van der Waals surface area contributed by atoms with Gasteiger partial charge in [0.1, 0.15) is 0 Å². The Hall–Kier alpha value is -1.45. The summed E-state index contributed by atoms with van der Waals surface area (Å²) in [6, 6.07) is 12.6. The van der Waals surface area contributed by atoms with Crippen molar-refractivity contribution in [1.29, 1.82) is 0 Å². The molecule has 2 N–H and O–H groups in total. The Bertz CT molecular complexity index is 774. The van der Waals surface area contributed by atoms with Crippen LogP contribution in [-0.4, -0.2) is 18.9 Å². The van der Waals surface area contributed by atoms with Gasteiger partial charge in [-0.3, -0.25) is 9.35 Å². The van der Waals surface area contributed by atoms with E-state index in [-0.39, 0.29) is 10.8 Å². The number of amides is 1. The van der Waals surface area contributed by atoms with Crippen molar-refractivity contribution < 1.29 is 17.8 Å². The summed E-state index contributed by atoms with van der Waals surface area (Å²) in [4.78, 5) is 11.9. The third-order valence-corrected chi connectivity index (χ3v) is 4.46. The topological polar surface area (TPSA) is 83.5 Å². The first-order valence-corrected chi connectivity index (χ1v) is 8.90. The van der Waals surface area contributed by atoms with Crippen molar-refractivity contribution in [2.75, 3.05) is 5.32 Å². The zero-order valence-electron chi connectivity index (χ0n) is 10.8. The van der Waals surface area contributed by atoms with E-state index in [2.05, 4.69) is 27.9 Å². The fourth-order valence-electron chi connectivity index (χ4n) is 1.73. The number of halogens is 1. The Morgan fingerprint density at radius 1 is 1.14 bits per heavy atom. The number of benzene rings is 2. The van der Waals surface area contributed by atoms with Crippen LogP contribution in [-0.2, 0) is 14.5 Å². The maximum Gasteiger partial charge on any atom is 0.294 e. The molecule has 0 aromatic heterocycles. The van der Waals surface area contributed by atoms with Crippen LogP contribution in [0.2, 0.25) is 0 Å². The van der Waals surface area contributed by atoms with E-state index < -0.39 is 10.1 Å². The lowest BCUT2D eigenvalue weighted by Crippen LogP contribution is -2.12. The summed E-state index contributed by atoms with van der Waals surface area (Å²) in [5.41, 5.74) is 1.81. The molecular formula is C14H12INO4S. The van der Waals surface area contributed by atoms with Gasteiger partial charge in [0.05, 0.1) is 4.90 Å². The summed E-state index contributed by atoms with van der Waals surface area (Å²) in [7, 11) is -4.29. The largest absolute Gasteiger partial charge is 0.322 e. The molecule has 21 heavy (non-hydrogen) atoms. The maximum atomic E-state index is 12.1. The summed E-state index contributed by atoms with van der Waals surface area (Å²) in [6.45, 7) is 0. The van der Waals surface area contributed by atoms with Crippen molar-refractivity contribution >= 4 is 44.3 Å². The molecule has 110 valence electrons. The summed E-state index contributed by atoms with van der Waals surface area (Å²) in [5, 5.41) is 2.61. The molecule has 0 unspecified atom stereocenters. The van der Waals surface area contributed by atoms with Gasteiger partial charge >= 0.3 is 0 Å². The highest BCUT2D eigenvalue weighted by Crippen LogP contribution is 2.17. The van der Waals surface area contributed by atoms with Crippen LogP contribution < -0.4 is 5.32 Å². The molecule has 0 fully saturated rings. The average molecular weight is 417 g/mol. The molecule has 0 atom stereocenters. The second-order valence-electron chi connectivity index (χ2n) is 4.29. The Morgan fingerprint density at radius 3 is 2.52 bits per heavy atom. The Labute approximate surface area is 136 Å². The number of hydrogen-bond acceptors (Lipinski definition) is 3. The van der Waals surface area contributed by atoms with Crippen LogP contribution in [0.5, 0.6) is 0 Å². The van der Waals surface area contributed by atoms with Gasteiger partial charge in [-0.25, -0.2) is 0 Å². The van der Waals surface area contributed by atoms with Gasteiger partial charge in [-0.1, -0.05) is 40.8 Å². The van der Waals surface area contributed by atoms with Crippen molar-refractivity contribution in [2.24, 2.45) is 0 Å². The quantitative estimate of drug-likeness (QED) is 0.455. The average Bonchev–Trinajstić information content (AvgIpc) is 2.46. The third-order valence-electron chi connectivity index (χ3n) is 2.73. The number of hydrogen-bond donors (Lipinski definition) is 2. The minimum atomic E-state index is -4.29. The summed E-state index contributed by atoms with van der Waals surface area (Å²) < 4.78 is 31.9. The molecular weight excluding hydrogens is 405 g/mol. The third kappa shape index (κ3) is 4.26. The van der Waals surface area contributed by atoms with E-state index in [0.717, 1.165) is 9.99 Å². The first kappa shape index (κ1) is 15.9. The van der Waals surface area contributed by atoms with Crippen LogP contribution in [0.15, 0.2) is 53.4 Å². The Morgan fingerprint density at radius 2 is 1.86 bits per heavy atom. The predicted octanol–water partition coefficient (Wildman–Crippen LogP) is 3.12. The summed E-state index contributed by atoms with van der Waals surface area (Å²) in [5.74, 6) is -0.339. The number of carbonyl (C=O) groups excluding carboxylic acids is 1. The molecule has 7 heteroatoms. The fourth-order valence-corrected chi connectivity index (χ4v) is 2.73. The number of nitrogens with one attached hydrogen (secondary N) is 1. The molecule has 0 spiro atoms. The smallest absolute Gasteiger partial charge is 0.294 e. The Kier molecular flexibility index (Phi) is 4.96. The van der Waals surface area contributed by atoms with Gasteiger partial charge in [-0.05, 0) is 35.9 Å². The van der Waals surface area contributed by atoms with Crippen LogP contribution >= 0.6 is 22.6 Å². The monoisotopic (exact) mass is 417 g/mol. The van der Waals surface area contributed by atoms with Gasteiger partial charge in [0, 0.05) is 15.7 Å². The van der Waals surface area contributed by atoms with E-state index >= 15 is 0 Å². The second kappa shape index (κ2) is 6.54. The number of anilines is 1. The highest BCUT2D eigenvalue weighted by atomic mass is 127. The van der Waals surface area contributed by atoms with Gasteiger partial charge in [0.15, 0.2) is 0 Å². The minimum Gasteiger partial charge on any atom is -0.322 e. The lowest BCUT2D eigenvalue weighted by Gasteiger charge is -2.07. The van der Waals surface area contributed by atoms with Crippen molar-refractivity contribution in [1.82, 2.24) is 0 Å². The van der Waals surface area contributed by atoms with E-state index in [9.17, 15) is 13.2 Å². The van der Waals surface area contributed by atoms with Gasteiger partial charge in [-0.2, -0.15) is 8.42 Å². The van der Waals surface area contributed by atoms with Gasteiger partial charge < -0.3 is 5.32 Å². The van der Waals surface area contributed by atoms with Crippen LogP contribution in [0.1, 0.15) is 15.9 Å². The molecule has 2 aromatic carbocycles. The van der Waals surface area contributed by atoms with Crippen molar-refractivity contribution in [3.05, 3.63) is 59.7 Å². The van der Waals surface area contributed by atoms with Crippen LogP contribution in [0.3, 0.4) is 0 Å².